The number of rotatable bonds is 3. The summed E-state index contributed by atoms with van der Waals surface area (Å²) in [4.78, 5) is 52.3. The molecule has 0 saturated carbocycles. The Kier molecular flexibility index (Phi) is 4.43. The molecule has 142 valence electrons. The van der Waals surface area contributed by atoms with Gasteiger partial charge in [-0.05, 0) is 44.5 Å². The van der Waals surface area contributed by atoms with Crippen LogP contribution in [0.25, 0.3) is 0 Å². The summed E-state index contributed by atoms with van der Waals surface area (Å²) in [6.07, 6.45) is 2.18. The summed E-state index contributed by atoms with van der Waals surface area (Å²) in [6, 6.07) is 4.47. The Hall–Kier alpha value is -2.74. The van der Waals surface area contributed by atoms with E-state index in [1.54, 1.807) is 18.2 Å². The average molecular weight is 370 g/mol. The summed E-state index contributed by atoms with van der Waals surface area (Å²) in [5.74, 6) is -1.73. The van der Waals surface area contributed by atoms with Crippen LogP contribution in [0.1, 0.15) is 46.4 Å². The van der Waals surface area contributed by atoms with E-state index in [0.29, 0.717) is 16.8 Å². The highest BCUT2D eigenvalue weighted by molar-refractivity contribution is 6.25. The van der Waals surface area contributed by atoms with E-state index < -0.39 is 23.8 Å². The summed E-state index contributed by atoms with van der Waals surface area (Å²) < 4.78 is 0. The number of likely N-dealkylation sites (tertiary alicyclic amines) is 1. The van der Waals surface area contributed by atoms with E-state index in [2.05, 4.69) is 10.6 Å². The molecule has 3 heterocycles. The quantitative estimate of drug-likeness (QED) is 0.756. The molecular weight excluding hydrogens is 348 g/mol. The van der Waals surface area contributed by atoms with Gasteiger partial charge in [0.05, 0.1) is 11.1 Å². The van der Waals surface area contributed by atoms with Crippen LogP contribution in [-0.4, -0.2) is 65.6 Å². The second-order valence-electron chi connectivity index (χ2n) is 7.22. The van der Waals surface area contributed by atoms with E-state index in [4.69, 9.17) is 0 Å². The third-order valence-corrected chi connectivity index (χ3v) is 5.58. The number of imide groups is 2. The van der Waals surface area contributed by atoms with E-state index in [1.165, 1.54) is 7.05 Å². The molecule has 1 aromatic rings. The molecule has 2 fully saturated rings. The van der Waals surface area contributed by atoms with Crippen LogP contribution in [0.4, 0.5) is 5.69 Å². The maximum absolute atomic E-state index is 13.1. The van der Waals surface area contributed by atoms with E-state index in [9.17, 15) is 19.2 Å². The van der Waals surface area contributed by atoms with E-state index in [0.717, 1.165) is 35.7 Å². The molecule has 2 saturated heterocycles. The zero-order chi connectivity index (χ0) is 19.1. The Morgan fingerprint density at radius 1 is 1.04 bits per heavy atom. The Bertz CT molecular complexity index is 831. The number of nitrogens with zero attached hydrogens (tertiary/aromatic N) is 2. The highest BCUT2D eigenvalue weighted by Gasteiger charge is 2.47. The number of carbonyl (C=O) groups is 4. The second-order valence-corrected chi connectivity index (χ2v) is 7.22. The van der Waals surface area contributed by atoms with Gasteiger partial charge < -0.3 is 10.6 Å². The summed E-state index contributed by atoms with van der Waals surface area (Å²) >= 11 is 0. The second kappa shape index (κ2) is 6.77. The Morgan fingerprint density at radius 2 is 1.78 bits per heavy atom. The third-order valence-electron chi connectivity index (χ3n) is 5.58. The van der Waals surface area contributed by atoms with Crippen LogP contribution in [0.3, 0.4) is 0 Å². The minimum atomic E-state index is -0.924. The third kappa shape index (κ3) is 2.90. The van der Waals surface area contributed by atoms with Crippen molar-refractivity contribution in [2.45, 2.75) is 37.8 Å². The normalized spacial score (nSPS) is 23.8. The van der Waals surface area contributed by atoms with Crippen molar-refractivity contribution >= 4 is 29.3 Å². The monoisotopic (exact) mass is 370 g/mol. The SMILES string of the molecule is CN1C(=O)CCC(N2C(=O)c3cccc(NC4CCNCC4)c3C2=O)C1=O. The molecule has 1 unspecified atom stereocenters. The Morgan fingerprint density at radius 3 is 2.52 bits per heavy atom. The molecule has 4 amide bonds. The number of hydrogen-bond acceptors (Lipinski definition) is 6. The lowest BCUT2D eigenvalue weighted by molar-refractivity contribution is -0.149. The summed E-state index contributed by atoms with van der Waals surface area (Å²) in [5.41, 5.74) is 1.27. The summed E-state index contributed by atoms with van der Waals surface area (Å²) in [5, 5.41) is 6.69. The zero-order valence-corrected chi connectivity index (χ0v) is 15.2. The molecule has 1 atom stereocenters. The van der Waals surface area contributed by atoms with Gasteiger partial charge in [-0.15, -0.1) is 0 Å². The van der Waals surface area contributed by atoms with E-state index in [1.807, 2.05) is 0 Å². The number of nitrogens with one attached hydrogen (secondary N) is 2. The first kappa shape index (κ1) is 17.7. The van der Waals surface area contributed by atoms with Crippen molar-refractivity contribution in [3.05, 3.63) is 29.3 Å². The molecule has 0 radical (unpaired) electrons. The van der Waals surface area contributed by atoms with Crippen LogP contribution in [0.2, 0.25) is 0 Å². The van der Waals surface area contributed by atoms with Crippen molar-refractivity contribution in [3.8, 4) is 0 Å². The molecule has 27 heavy (non-hydrogen) atoms. The van der Waals surface area contributed by atoms with Gasteiger partial charge in [0.15, 0.2) is 0 Å². The van der Waals surface area contributed by atoms with Crippen LogP contribution in [0.5, 0.6) is 0 Å². The number of hydrogen-bond donors (Lipinski definition) is 2. The topological polar surface area (TPSA) is 98.8 Å². The van der Waals surface area contributed by atoms with Crippen LogP contribution < -0.4 is 10.6 Å². The Balaban J connectivity index is 1.63. The lowest BCUT2D eigenvalue weighted by Gasteiger charge is -2.32. The maximum atomic E-state index is 13.1. The van der Waals surface area contributed by atoms with Crippen molar-refractivity contribution in [2.24, 2.45) is 0 Å². The molecule has 3 aliphatic rings. The number of fused-ring (bicyclic) bond motifs is 1. The zero-order valence-electron chi connectivity index (χ0n) is 15.2. The predicted octanol–water partition coefficient (Wildman–Crippen LogP) is 0.594. The van der Waals surface area contributed by atoms with Crippen LogP contribution in [-0.2, 0) is 9.59 Å². The molecule has 2 N–H and O–H groups in total. The maximum Gasteiger partial charge on any atom is 0.264 e. The molecule has 0 spiro atoms. The van der Waals surface area contributed by atoms with Gasteiger partial charge in [0, 0.05) is 25.2 Å². The molecule has 0 aromatic heterocycles. The number of likely N-dealkylation sites (N-methyl/N-ethyl adjacent to an activating group) is 1. The minimum absolute atomic E-state index is 0.139. The largest absolute Gasteiger partial charge is 0.382 e. The van der Waals surface area contributed by atoms with Crippen LogP contribution in [0.15, 0.2) is 18.2 Å². The fourth-order valence-corrected chi connectivity index (χ4v) is 4.03. The first-order valence-electron chi connectivity index (χ1n) is 9.27. The summed E-state index contributed by atoms with van der Waals surface area (Å²) in [7, 11) is 1.39. The molecule has 1 aromatic carbocycles. The molecule has 8 heteroatoms. The molecule has 0 aliphatic carbocycles. The number of amides is 4. The first-order chi connectivity index (χ1) is 13.0. The lowest BCUT2D eigenvalue weighted by atomic mass is 10.0. The standard InChI is InChI=1S/C19H22N4O4/c1-22-15(24)6-5-14(18(22)26)23-17(25)12-3-2-4-13(16(12)19(23)27)21-11-7-9-20-10-8-11/h2-4,11,14,20-21H,5-10H2,1H3. The number of piperidine rings is 2. The summed E-state index contributed by atoms with van der Waals surface area (Å²) in [6.45, 7) is 1.81. The van der Waals surface area contributed by atoms with Gasteiger partial charge in [-0.3, -0.25) is 29.0 Å². The Labute approximate surface area is 156 Å². The molecular formula is C19H22N4O4. The first-order valence-corrected chi connectivity index (χ1v) is 9.27. The number of benzene rings is 1. The number of carbonyl (C=O) groups excluding carboxylic acids is 4. The molecule has 0 bridgehead atoms. The molecule has 3 aliphatic heterocycles. The van der Waals surface area contributed by atoms with E-state index in [-0.39, 0.29) is 24.8 Å². The fraction of sp³-hybridized carbons (Fsp3) is 0.474. The van der Waals surface area contributed by atoms with Gasteiger partial charge in [0.25, 0.3) is 17.7 Å². The highest BCUT2D eigenvalue weighted by Crippen LogP contribution is 2.33. The van der Waals surface area contributed by atoms with Gasteiger partial charge in [0.2, 0.25) is 5.91 Å². The number of anilines is 1. The van der Waals surface area contributed by atoms with Crippen molar-refractivity contribution in [1.82, 2.24) is 15.1 Å². The van der Waals surface area contributed by atoms with Crippen molar-refractivity contribution in [2.75, 3.05) is 25.5 Å². The molecule has 8 nitrogen and oxygen atoms in total. The van der Waals surface area contributed by atoms with E-state index >= 15 is 0 Å². The fourth-order valence-electron chi connectivity index (χ4n) is 4.03. The molecule has 4 rings (SSSR count). The van der Waals surface area contributed by atoms with Crippen LogP contribution >= 0.6 is 0 Å². The highest BCUT2D eigenvalue weighted by atomic mass is 16.2. The smallest absolute Gasteiger partial charge is 0.264 e. The van der Waals surface area contributed by atoms with Gasteiger partial charge in [-0.2, -0.15) is 0 Å². The van der Waals surface area contributed by atoms with Crippen molar-refractivity contribution in [1.29, 1.82) is 0 Å². The van der Waals surface area contributed by atoms with Gasteiger partial charge in [-0.25, -0.2) is 0 Å². The van der Waals surface area contributed by atoms with Gasteiger partial charge in [0.1, 0.15) is 6.04 Å². The average Bonchev–Trinajstić information content (AvgIpc) is 2.93. The van der Waals surface area contributed by atoms with Crippen molar-refractivity contribution < 1.29 is 19.2 Å². The predicted molar refractivity (Wildman–Crippen MR) is 97.3 cm³/mol. The van der Waals surface area contributed by atoms with Gasteiger partial charge in [-0.1, -0.05) is 6.07 Å². The van der Waals surface area contributed by atoms with Crippen molar-refractivity contribution in [3.63, 3.8) is 0 Å². The lowest BCUT2D eigenvalue weighted by Crippen LogP contribution is -2.54. The van der Waals surface area contributed by atoms with Gasteiger partial charge >= 0.3 is 0 Å². The minimum Gasteiger partial charge on any atom is -0.382 e. The van der Waals surface area contributed by atoms with Crippen LogP contribution in [0, 0.1) is 0 Å².